The zero-order valence-electron chi connectivity index (χ0n) is 8.37. The van der Waals surface area contributed by atoms with Crippen molar-refractivity contribution in [3.63, 3.8) is 0 Å². The van der Waals surface area contributed by atoms with Gasteiger partial charge >= 0.3 is 0 Å². The van der Waals surface area contributed by atoms with Crippen molar-refractivity contribution < 1.29 is 0 Å². The lowest BCUT2D eigenvalue weighted by molar-refractivity contribution is 0.505. The number of hydrogen-bond donors (Lipinski definition) is 0. The van der Waals surface area contributed by atoms with Crippen LogP contribution >= 0.6 is 11.6 Å². The first kappa shape index (κ1) is 11.0. The van der Waals surface area contributed by atoms with Gasteiger partial charge in [0.2, 0.25) is 0 Å². The maximum absolute atomic E-state index is 8.70. The third kappa shape index (κ3) is 2.71. The van der Waals surface area contributed by atoms with Gasteiger partial charge < -0.3 is 0 Å². The molecule has 1 heterocycles. The Bertz CT molecular complexity index is 324. The molecule has 0 bridgehead atoms. The molecule has 1 unspecified atom stereocenters. The molecule has 74 valence electrons. The zero-order chi connectivity index (χ0) is 10.6. The molecule has 1 aromatic rings. The lowest BCUT2D eigenvalue weighted by Gasteiger charge is -2.17. The molecule has 0 aliphatic rings. The van der Waals surface area contributed by atoms with Gasteiger partial charge in [-0.3, -0.25) is 0 Å². The topological polar surface area (TPSA) is 36.7 Å². The van der Waals surface area contributed by atoms with Crippen molar-refractivity contribution in [2.75, 3.05) is 0 Å². The fourth-order valence-corrected chi connectivity index (χ4v) is 1.56. The first-order chi connectivity index (χ1) is 6.65. The van der Waals surface area contributed by atoms with Gasteiger partial charge in [-0.15, -0.1) is 0 Å². The van der Waals surface area contributed by atoms with E-state index in [1.54, 1.807) is 12.3 Å². The summed E-state index contributed by atoms with van der Waals surface area (Å²) in [7, 11) is 0. The highest BCUT2D eigenvalue weighted by atomic mass is 35.5. The summed E-state index contributed by atoms with van der Waals surface area (Å²) < 4.78 is 0. The zero-order valence-corrected chi connectivity index (χ0v) is 9.12. The summed E-state index contributed by atoms with van der Waals surface area (Å²) in [6, 6.07) is 5.91. The molecule has 0 fully saturated rings. The highest BCUT2D eigenvalue weighted by molar-refractivity contribution is 6.29. The van der Waals surface area contributed by atoms with E-state index in [2.05, 4.69) is 24.9 Å². The smallest absolute Gasteiger partial charge is 0.129 e. The number of pyridine rings is 1. The van der Waals surface area contributed by atoms with Crippen molar-refractivity contribution in [2.24, 2.45) is 5.92 Å². The van der Waals surface area contributed by atoms with Crippen LogP contribution in [0.4, 0.5) is 0 Å². The van der Waals surface area contributed by atoms with Gasteiger partial charge in [0.05, 0.1) is 6.07 Å². The average Bonchev–Trinajstić information content (AvgIpc) is 2.15. The molecule has 14 heavy (non-hydrogen) atoms. The summed E-state index contributed by atoms with van der Waals surface area (Å²) in [5.74, 6) is 0.697. The van der Waals surface area contributed by atoms with Gasteiger partial charge in [0.25, 0.3) is 0 Å². The Kier molecular flexibility index (Phi) is 3.91. The minimum atomic E-state index is 0.254. The molecular weight excluding hydrogens is 196 g/mol. The maximum atomic E-state index is 8.70. The maximum Gasteiger partial charge on any atom is 0.129 e. The summed E-state index contributed by atoms with van der Waals surface area (Å²) >= 11 is 5.70. The normalized spacial score (nSPS) is 12.5. The number of nitrogens with zero attached hydrogens (tertiary/aromatic N) is 2. The van der Waals surface area contributed by atoms with Gasteiger partial charge in [-0.05, 0) is 17.5 Å². The molecule has 2 nitrogen and oxygen atoms in total. The number of halogens is 1. The monoisotopic (exact) mass is 208 g/mol. The third-order valence-electron chi connectivity index (χ3n) is 2.29. The quantitative estimate of drug-likeness (QED) is 0.714. The number of nitriles is 1. The number of rotatable bonds is 3. The van der Waals surface area contributed by atoms with Crippen LogP contribution in [0.15, 0.2) is 18.3 Å². The summed E-state index contributed by atoms with van der Waals surface area (Å²) in [6.45, 7) is 4.22. The molecule has 0 saturated carbocycles. The summed E-state index contributed by atoms with van der Waals surface area (Å²) in [4.78, 5) is 4.02. The molecule has 0 N–H and O–H groups in total. The molecule has 0 amide bonds. The van der Waals surface area contributed by atoms with Crippen LogP contribution in [0.5, 0.6) is 0 Å². The molecule has 0 aromatic carbocycles. The molecule has 1 aromatic heterocycles. The molecule has 0 spiro atoms. The van der Waals surface area contributed by atoms with E-state index in [1.807, 2.05) is 6.07 Å². The van der Waals surface area contributed by atoms with Crippen molar-refractivity contribution in [1.29, 1.82) is 5.26 Å². The van der Waals surface area contributed by atoms with Crippen LogP contribution in [0, 0.1) is 17.2 Å². The van der Waals surface area contributed by atoms with Crippen LogP contribution in [0.1, 0.15) is 31.7 Å². The van der Waals surface area contributed by atoms with E-state index >= 15 is 0 Å². The van der Waals surface area contributed by atoms with Crippen LogP contribution in [-0.4, -0.2) is 4.98 Å². The minimum Gasteiger partial charge on any atom is -0.244 e. The molecular formula is C11H13ClN2. The fraction of sp³-hybridized carbons (Fsp3) is 0.455. The highest BCUT2D eigenvalue weighted by Crippen LogP contribution is 2.27. The van der Waals surface area contributed by atoms with Crippen molar-refractivity contribution in [2.45, 2.75) is 26.2 Å². The standard InChI is InChI=1S/C11H13ClN2/c1-8(2)10(5-6-13)9-3-4-11(12)14-7-9/h3-4,7-8,10H,5H2,1-2H3. The Hall–Kier alpha value is -1.07. The second kappa shape index (κ2) is 4.97. The first-order valence-corrected chi connectivity index (χ1v) is 5.01. The number of hydrogen-bond acceptors (Lipinski definition) is 2. The fourth-order valence-electron chi connectivity index (χ4n) is 1.44. The van der Waals surface area contributed by atoms with Gasteiger partial charge in [0.15, 0.2) is 0 Å². The number of aromatic nitrogens is 1. The molecule has 3 heteroatoms. The van der Waals surface area contributed by atoms with E-state index in [9.17, 15) is 0 Å². The van der Waals surface area contributed by atoms with Crippen molar-refractivity contribution in [3.05, 3.63) is 29.0 Å². The van der Waals surface area contributed by atoms with Crippen LogP contribution in [0.25, 0.3) is 0 Å². The second-order valence-electron chi connectivity index (χ2n) is 3.63. The largest absolute Gasteiger partial charge is 0.244 e. The van der Waals surface area contributed by atoms with Gasteiger partial charge in [-0.25, -0.2) is 4.98 Å². The SMILES string of the molecule is CC(C)C(CC#N)c1ccc(Cl)nc1. The third-order valence-corrected chi connectivity index (χ3v) is 2.52. The summed E-state index contributed by atoms with van der Waals surface area (Å²) in [5, 5.41) is 9.20. The van der Waals surface area contributed by atoms with Gasteiger partial charge in [0, 0.05) is 18.5 Å². The van der Waals surface area contributed by atoms with Crippen molar-refractivity contribution >= 4 is 11.6 Å². The van der Waals surface area contributed by atoms with E-state index in [0.717, 1.165) is 5.56 Å². The minimum absolute atomic E-state index is 0.254. The van der Waals surface area contributed by atoms with Gasteiger partial charge in [-0.1, -0.05) is 31.5 Å². The van der Waals surface area contributed by atoms with Crippen molar-refractivity contribution in [3.8, 4) is 6.07 Å². The van der Waals surface area contributed by atoms with Gasteiger partial charge in [0.1, 0.15) is 5.15 Å². The summed E-state index contributed by atoms with van der Waals surface area (Å²) in [6.07, 6.45) is 2.28. The first-order valence-electron chi connectivity index (χ1n) is 4.63. The highest BCUT2D eigenvalue weighted by Gasteiger charge is 2.15. The van der Waals surface area contributed by atoms with Crippen LogP contribution in [0.2, 0.25) is 5.15 Å². The Morgan fingerprint density at radius 1 is 1.50 bits per heavy atom. The van der Waals surface area contributed by atoms with E-state index in [-0.39, 0.29) is 5.92 Å². The average molecular weight is 209 g/mol. The molecule has 1 rings (SSSR count). The predicted molar refractivity (Wildman–Crippen MR) is 57.1 cm³/mol. The molecule has 0 aliphatic carbocycles. The predicted octanol–water partition coefficient (Wildman–Crippen LogP) is 3.39. The Labute approximate surface area is 89.5 Å². The molecule has 0 saturated heterocycles. The van der Waals surface area contributed by atoms with Crippen LogP contribution in [0.3, 0.4) is 0 Å². The van der Waals surface area contributed by atoms with Gasteiger partial charge in [-0.2, -0.15) is 5.26 Å². The molecule has 1 atom stereocenters. The molecule has 0 aliphatic heterocycles. The van der Waals surface area contributed by atoms with E-state index in [4.69, 9.17) is 16.9 Å². The van der Waals surface area contributed by atoms with Crippen LogP contribution in [-0.2, 0) is 0 Å². The Balaban J connectivity index is 2.89. The Morgan fingerprint density at radius 3 is 2.64 bits per heavy atom. The Morgan fingerprint density at radius 2 is 2.21 bits per heavy atom. The second-order valence-corrected chi connectivity index (χ2v) is 4.01. The van der Waals surface area contributed by atoms with Crippen molar-refractivity contribution in [1.82, 2.24) is 4.98 Å². The lowest BCUT2D eigenvalue weighted by atomic mass is 9.87. The lowest BCUT2D eigenvalue weighted by Crippen LogP contribution is -2.06. The summed E-state index contributed by atoms with van der Waals surface area (Å²) in [5.41, 5.74) is 1.09. The van der Waals surface area contributed by atoms with E-state index in [1.165, 1.54) is 0 Å². The van der Waals surface area contributed by atoms with E-state index < -0.39 is 0 Å². The van der Waals surface area contributed by atoms with E-state index in [0.29, 0.717) is 17.5 Å². The molecule has 0 radical (unpaired) electrons. The van der Waals surface area contributed by atoms with Crippen LogP contribution < -0.4 is 0 Å².